The van der Waals surface area contributed by atoms with Crippen LogP contribution in [0.2, 0.25) is 10.0 Å². The number of hydrogen-bond donors (Lipinski definition) is 0. The Morgan fingerprint density at radius 1 is 1.38 bits per heavy atom. The molecule has 0 saturated carbocycles. The van der Waals surface area contributed by atoms with Crippen LogP contribution in [0.4, 0.5) is 4.39 Å². The van der Waals surface area contributed by atoms with Crippen molar-refractivity contribution in [3.05, 3.63) is 39.6 Å². The summed E-state index contributed by atoms with van der Waals surface area (Å²) in [5, 5.41) is 0.135. The lowest BCUT2D eigenvalue weighted by Crippen LogP contribution is -1.83. The summed E-state index contributed by atoms with van der Waals surface area (Å²) in [7, 11) is 0. The second-order valence-electron chi connectivity index (χ2n) is 2.58. The predicted octanol–water partition coefficient (Wildman–Crippen LogP) is 4.56. The number of hydrogen-bond acceptors (Lipinski definition) is 0. The average molecular weight is 219 g/mol. The van der Waals surface area contributed by atoms with Gasteiger partial charge in [0.05, 0.1) is 10.0 Å². The molecular weight excluding hydrogens is 210 g/mol. The van der Waals surface area contributed by atoms with Crippen molar-refractivity contribution < 1.29 is 4.39 Å². The molecule has 0 unspecified atom stereocenters. The van der Waals surface area contributed by atoms with Gasteiger partial charge in [0.2, 0.25) is 0 Å². The molecule has 0 nitrogen and oxygen atoms in total. The van der Waals surface area contributed by atoms with Crippen LogP contribution in [0.3, 0.4) is 0 Å². The molecule has 0 radical (unpaired) electrons. The van der Waals surface area contributed by atoms with Crippen LogP contribution >= 0.6 is 23.2 Å². The molecule has 0 aromatic heterocycles. The van der Waals surface area contributed by atoms with Crippen LogP contribution in [-0.4, -0.2) is 0 Å². The molecule has 0 atom stereocenters. The summed E-state index contributed by atoms with van der Waals surface area (Å²) in [5.74, 6) is -0.554. The first-order chi connectivity index (χ1) is 6.16. The lowest BCUT2D eigenvalue weighted by molar-refractivity contribution is 0.628. The van der Waals surface area contributed by atoms with E-state index in [0.29, 0.717) is 5.56 Å². The smallest absolute Gasteiger partial charge is 0.160 e. The zero-order chi connectivity index (χ0) is 9.84. The minimum absolute atomic E-state index is 0.0543. The molecule has 3 heteroatoms. The van der Waals surface area contributed by atoms with Crippen LogP contribution < -0.4 is 0 Å². The van der Waals surface area contributed by atoms with E-state index in [0.717, 1.165) is 6.42 Å². The van der Waals surface area contributed by atoms with Crippen molar-refractivity contribution >= 4 is 29.3 Å². The highest BCUT2D eigenvalue weighted by atomic mass is 35.5. The molecule has 13 heavy (non-hydrogen) atoms. The van der Waals surface area contributed by atoms with Crippen LogP contribution in [0.15, 0.2) is 18.2 Å². The zero-order valence-electron chi connectivity index (χ0n) is 7.15. The molecule has 0 amide bonds. The van der Waals surface area contributed by atoms with Crippen LogP contribution in [0, 0.1) is 5.82 Å². The minimum atomic E-state index is -0.554. The van der Waals surface area contributed by atoms with E-state index in [9.17, 15) is 4.39 Å². The molecule has 0 fully saturated rings. The largest absolute Gasteiger partial charge is 0.204 e. The molecule has 0 aliphatic rings. The fourth-order valence-corrected chi connectivity index (χ4v) is 1.35. The summed E-state index contributed by atoms with van der Waals surface area (Å²) in [6.07, 6.45) is 4.58. The maximum absolute atomic E-state index is 13.1. The van der Waals surface area contributed by atoms with Crippen molar-refractivity contribution in [3.63, 3.8) is 0 Å². The number of allylic oxidation sites excluding steroid dienone is 1. The summed E-state index contributed by atoms with van der Waals surface area (Å²) in [5.41, 5.74) is 0.658. The van der Waals surface area contributed by atoms with Gasteiger partial charge < -0.3 is 0 Å². The summed E-state index contributed by atoms with van der Waals surface area (Å²) >= 11 is 11.3. The Labute approximate surface area is 87.0 Å². The Balaban J connectivity index is 3.11. The Morgan fingerprint density at radius 3 is 2.69 bits per heavy atom. The molecule has 0 N–H and O–H groups in total. The zero-order valence-corrected chi connectivity index (χ0v) is 8.66. The lowest BCUT2D eigenvalue weighted by Gasteiger charge is -2.00. The molecule has 0 spiro atoms. The van der Waals surface area contributed by atoms with Gasteiger partial charge in [-0.15, -0.1) is 0 Å². The highest BCUT2D eigenvalue weighted by Gasteiger charge is 2.07. The molecule has 0 saturated heterocycles. The van der Waals surface area contributed by atoms with Crippen molar-refractivity contribution in [2.24, 2.45) is 0 Å². The van der Waals surface area contributed by atoms with Gasteiger partial charge in [-0.2, -0.15) is 0 Å². The highest BCUT2D eigenvalue weighted by molar-refractivity contribution is 6.35. The Morgan fingerprint density at radius 2 is 2.08 bits per heavy atom. The molecule has 1 rings (SSSR count). The van der Waals surface area contributed by atoms with Crippen LogP contribution in [0.25, 0.3) is 6.08 Å². The van der Waals surface area contributed by atoms with Gasteiger partial charge in [-0.3, -0.25) is 0 Å². The van der Waals surface area contributed by atoms with Crippen molar-refractivity contribution in [2.75, 3.05) is 0 Å². The molecule has 0 heterocycles. The summed E-state index contributed by atoms with van der Waals surface area (Å²) < 4.78 is 13.1. The third kappa shape index (κ3) is 2.45. The standard InChI is InChI=1S/C10H9Cl2F/c1-2-3-4-7-5-6-8(11)10(13)9(7)12/h3-6H,2H2,1H3/b4-3+. The van der Waals surface area contributed by atoms with Gasteiger partial charge in [0.1, 0.15) is 0 Å². The van der Waals surface area contributed by atoms with E-state index >= 15 is 0 Å². The van der Waals surface area contributed by atoms with E-state index in [1.165, 1.54) is 6.07 Å². The van der Waals surface area contributed by atoms with Crippen LogP contribution in [-0.2, 0) is 0 Å². The van der Waals surface area contributed by atoms with Gasteiger partial charge >= 0.3 is 0 Å². The van der Waals surface area contributed by atoms with E-state index in [2.05, 4.69) is 0 Å². The molecule has 1 aromatic carbocycles. The van der Waals surface area contributed by atoms with Gasteiger partial charge in [-0.05, 0) is 18.1 Å². The quantitative estimate of drug-likeness (QED) is 0.639. The van der Waals surface area contributed by atoms with Crippen molar-refractivity contribution in [1.82, 2.24) is 0 Å². The molecule has 0 aliphatic heterocycles. The van der Waals surface area contributed by atoms with Gasteiger partial charge in [-0.1, -0.05) is 48.3 Å². The Hall–Kier alpha value is -0.530. The van der Waals surface area contributed by atoms with E-state index in [1.807, 2.05) is 13.0 Å². The summed E-state index contributed by atoms with van der Waals surface area (Å²) in [6.45, 7) is 2.00. The first-order valence-electron chi connectivity index (χ1n) is 3.96. The maximum Gasteiger partial charge on any atom is 0.160 e. The molecule has 1 aromatic rings. The second-order valence-corrected chi connectivity index (χ2v) is 3.36. The predicted molar refractivity (Wildman–Crippen MR) is 55.7 cm³/mol. The van der Waals surface area contributed by atoms with Crippen LogP contribution in [0.1, 0.15) is 18.9 Å². The van der Waals surface area contributed by atoms with Crippen molar-refractivity contribution in [1.29, 1.82) is 0 Å². The van der Waals surface area contributed by atoms with E-state index in [-0.39, 0.29) is 10.0 Å². The number of benzene rings is 1. The normalized spacial score (nSPS) is 11.1. The topological polar surface area (TPSA) is 0 Å². The first kappa shape index (κ1) is 10.6. The second kappa shape index (κ2) is 4.64. The molecule has 0 bridgehead atoms. The molecule has 0 aliphatic carbocycles. The minimum Gasteiger partial charge on any atom is -0.204 e. The van der Waals surface area contributed by atoms with Crippen LogP contribution in [0.5, 0.6) is 0 Å². The van der Waals surface area contributed by atoms with Gasteiger partial charge in [0.15, 0.2) is 5.82 Å². The fraction of sp³-hybridized carbons (Fsp3) is 0.200. The van der Waals surface area contributed by atoms with Gasteiger partial charge in [0, 0.05) is 0 Å². The van der Waals surface area contributed by atoms with E-state index in [1.54, 1.807) is 12.1 Å². The average Bonchev–Trinajstić information content (AvgIpc) is 2.13. The number of halogens is 3. The van der Waals surface area contributed by atoms with E-state index in [4.69, 9.17) is 23.2 Å². The maximum atomic E-state index is 13.1. The summed E-state index contributed by atoms with van der Waals surface area (Å²) in [4.78, 5) is 0. The first-order valence-corrected chi connectivity index (χ1v) is 4.72. The van der Waals surface area contributed by atoms with E-state index < -0.39 is 5.82 Å². The highest BCUT2D eigenvalue weighted by Crippen LogP contribution is 2.27. The lowest BCUT2D eigenvalue weighted by atomic mass is 10.2. The number of rotatable bonds is 2. The molecule has 70 valence electrons. The third-order valence-electron chi connectivity index (χ3n) is 1.60. The van der Waals surface area contributed by atoms with Crippen molar-refractivity contribution in [2.45, 2.75) is 13.3 Å². The van der Waals surface area contributed by atoms with Gasteiger partial charge in [0.25, 0.3) is 0 Å². The fourth-order valence-electron chi connectivity index (χ4n) is 0.914. The third-order valence-corrected chi connectivity index (χ3v) is 2.27. The van der Waals surface area contributed by atoms with Gasteiger partial charge in [-0.25, -0.2) is 4.39 Å². The Kier molecular flexibility index (Phi) is 3.76. The molecular formula is C10H9Cl2F. The Bertz CT molecular complexity index is 332. The monoisotopic (exact) mass is 218 g/mol. The SMILES string of the molecule is CC/C=C/c1ccc(Cl)c(F)c1Cl. The van der Waals surface area contributed by atoms with Crippen molar-refractivity contribution in [3.8, 4) is 0 Å². The summed E-state index contributed by atoms with van der Waals surface area (Å²) in [6, 6.07) is 3.19.